The minimum atomic E-state index is -4.74. The third-order valence-electron chi connectivity index (χ3n) is 1.58. The zero-order chi connectivity index (χ0) is 11.5. The number of rotatable bonds is 3. The Hall–Kier alpha value is -1.14. The molecule has 0 aliphatic heterocycles. The van der Waals surface area contributed by atoms with Crippen LogP contribution in [-0.2, 0) is 5.88 Å². The lowest BCUT2D eigenvalue weighted by Gasteiger charge is -2.13. The number of alkyl halides is 4. The minimum absolute atomic E-state index is 0.0328. The van der Waals surface area contributed by atoms with Crippen LogP contribution in [0.1, 0.15) is 5.56 Å². The monoisotopic (exact) mass is 240 g/mol. The van der Waals surface area contributed by atoms with E-state index in [0.717, 1.165) is 6.07 Å². The smallest absolute Gasteiger partial charge is 0.404 e. The highest BCUT2D eigenvalue weighted by Crippen LogP contribution is 2.30. The van der Waals surface area contributed by atoms with Crippen LogP contribution in [0, 0.1) is 0 Å². The van der Waals surface area contributed by atoms with Gasteiger partial charge in [-0.15, -0.1) is 24.8 Å². The van der Waals surface area contributed by atoms with Crippen molar-refractivity contribution in [3.05, 3.63) is 23.8 Å². The highest BCUT2D eigenvalue weighted by atomic mass is 35.5. The zero-order valence-corrected chi connectivity index (χ0v) is 8.19. The van der Waals surface area contributed by atoms with Crippen LogP contribution in [0.15, 0.2) is 18.2 Å². The number of nitrogens with two attached hydrogens (primary N) is 1. The van der Waals surface area contributed by atoms with E-state index in [4.69, 9.17) is 17.4 Å². The quantitative estimate of drug-likeness (QED) is 0.485. The second kappa shape index (κ2) is 4.59. The first-order valence-electron chi connectivity index (χ1n) is 3.87. The summed E-state index contributed by atoms with van der Waals surface area (Å²) in [7, 11) is 0. The van der Waals surface area contributed by atoms with E-state index in [1.54, 1.807) is 0 Å². The molecule has 1 rings (SSSR count). The Morgan fingerprint density at radius 3 is 2.53 bits per heavy atom. The molecule has 0 heterocycles. The fourth-order valence-electron chi connectivity index (χ4n) is 0.987. The Bertz CT molecular complexity index is 343. The highest BCUT2D eigenvalue weighted by Gasteiger charge is 2.32. The number of halogens is 4. The largest absolute Gasteiger partial charge is 0.573 e. The van der Waals surface area contributed by atoms with Crippen LogP contribution in [0.4, 0.5) is 18.9 Å². The highest BCUT2D eigenvalue weighted by molar-refractivity contribution is 6.17. The van der Waals surface area contributed by atoms with Crippen LogP contribution in [0.25, 0.3) is 0 Å². The summed E-state index contributed by atoms with van der Waals surface area (Å²) in [6.45, 7) is 0. The van der Waals surface area contributed by atoms with Gasteiger partial charge in [0.1, 0.15) is 0 Å². The fraction of sp³-hybridized carbons (Fsp3) is 0.250. The maximum Gasteiger partial charge on any atom is 0.573 e. The first kappa shape index (κ1) is 11.9. The molecule has 0 saturated carbocycles. The molecule has 84 valence electrons. The summed E-state index contributed by atoms with van der Waals surface area (Å²) in [6, 6.07) is 3.96. The molecule has 7 heteroatoms. The van der Waals surface area contributed by atoms with E-state index < -0.39 is 6.36 Å². The first-order chi connectivity index (χ1) is 6.96. The molecule has 0 saturated heterocycles. The van der Waals surface area contributed by atoms with Gasteiger partial charge in [-0.05, 0) is 17.7 Å². The van der Waals surface area contributed by atoms with Gasteiger partial charge in [-0.1, -0.05) is 6.07 Å². The molecule has 0 amide bonds. The van der Waals surface area contributed by atoms with Crippen LogP contribution in [0.5, 0.6) is 5.75 Å². The van der Waals surface area contributed by atoms with E-state index in [0.29, 0.717) is 5.56 Å². The van der Waals surface area contributed by atoms with Crippen molar-refractivity contribution in [1.29, 1.82) is 0 Å². The molecule has 0 atom stereocenters. The third-order valence-corrected chi connectivity index (χ3v) is 1.89. The molecule has 0 radical (unpaired) electrons. The topological polar surface area (TPSA) is 47.3 Å². The van der Waals surface area contributed by atoms with Crippen LogP contribution < -0.4 is 16.0 Å². The number of anilines is 1. The summed E-state index contributed by atoms with van der Waals surface area (Å²) >= 11 is 5.51. The molecule has 0 spiro atoms. The molecule has 0 aliphatic carbocycles. The van der Waals surface area contributed by atoms with E-state index in [1.165, 1.54) is 12.1 Å². The average molecular weight is 241 g/mol. The van der Waals surface area contributed by atoms with Gasteiger partial charge in [0.25, 0.3) is 0 Å². The van der Waals surface area contributed by atoms with Crippen LogP contribution in [0.2, 0.25) is 0 Å². The van der Waals surface area contributed by atoms with Gasteiger partial charge in [-0.25, -0.2) is 0 Å². The number of ether oxygens (including phenoxy) is 1. The Morgan fingerprint density at radius 1 is 1.40 bits per heavy atom. The van der Waals surface area contributed by atoms with Crippen LogP contribution in [0.3, 0.4) is 0 Å². The van der Waals surface area contributed by atoms with Gasteiger partial charge in [0.2, 0.25) is 0 Å². The Kier molecular flexibility index (Phi) is 3.65. The predicted octanol–water partition coefficient (Wildman–Crippen LogP) is 2.61. The second-order valence-corrected chi connectivity index (χ2v) is 2.92. The molecule has 1 aromatic carbocycles. The second-order valence-electron chi connectivity index (χ2n) is 2.66. The molecule has 0 aliphatic rings. The number of benzene rings is 1. The number of hydrazine groups is 1. The third kappa shape index (κ3) is 3.49. The van der Waals surface area contributed by atoms with Gasteiger partial charge in [0.15, 0.2) is 5.75 Å². The lowest BCUT2D eigenvalue weighted by atomic mass is 10.2. The summed E-state index contributed by atoms with van der Waals surface area (Å²) in [5, 5.41) is 0. The van der Waals surface area contributed by atoms with E-state index in [2.05, 4.69) is 10.2 Å². The number of nitrogens with one attached hydrogen (secondary N) is 1. The van der Waals surface area contributed by atoms with Crippen molar-refractivity contribution in [1.82, 2.24) is 0 Å². The van der Waals surface area contributed by atoms with Gasteiger partial charge in [0, 0.05) is 5.88 Å². The SMILES string of the molecule is NNc1cc(CCl)ccc1OC(F)(F)F. The van der Waals surface area contributed by atoms with E-state index in [-0.39, 0.29) is 17.3 Å². The van der Waals surface area contributed by atoms with Gasteiger partial charge in [0.05, 0.1) is 5.69 Å². The summed E-state index contributed by atoms with van der Waals surface area (Å²) in [5.41, 5.74) is 2.78. The van der Waals surface area contributed by atoms with Crippen molar-refractivity contribution in [3.8, 4) is 5.75 Å². The molecule has 0 aromatic heterocycles. The molecule has 3 N–H and O–H groups in total. The molecule has 0 bridgehead atoms. The summed E-state index contributed by atoms with van der Waals surface area (Å²) in [5.74, 6) is 4.84. The molecule has 15 heavy (non-hydrogen) atoms. The first-order valence-corrected chi connectivity index (χ1v) is 4.41. The summed E-state index contributed by atoms with van der Waals surface area (Å²) in [6.07, 6.45) is -4.74. The molecule has 0 fully saturated rings. The normalized spacial score (nSPS) is 11.3. The lowest BCUT2D eigenvalue weighted by Crippen LogP contribution is -2.19. The Balaban J connectivity index is 2.97. The number of hydrogen-bond acceptors (Lipinski definition) is 3. The number of nitrogen functional groups attached to an aromatic ring is 1. The van der Waals surface area contributed by atoms with Gasteiger partial charge in [-0.2, -0.15) is 0 Å². The zero-order valence-electron chi connectivity index (χ0n) is 7.44. The predicted molar refractivity (Wildman–Crippen MR) is 50.5 cm³/mol. The molecular formula is C8H8ClF3N2O. The van der Waals surface area contributed by atoms with Crippen LogP contribution in [-0.4, -0.2) is 6.36 Å². The lowest BCUT2D eigenvalue weighted by molar-refractivity contribution is -0.274. The fourth-order valence-corrected chi connectivity index (χ4v) is 1.15. The summed E-state index contributed by atoms with van der Waals surface area (Å²) in [4.78, 5) is 0. The Morgan fingerprint density at radius 2 is 2.07 bits per heavy atom. The van der Waals surface area contributed by atoms with Crippen molar-refractivity contribution in [2.45, 2.75) is 12.2 Å². The van der Waals surface area contributed by atoms with Crippen molar-refractivity contribution in [2.24, 2.45) is 5.84 Å². The van der Waals surface area contributed by atoms with Gasteiger partial charge >= 0.3 is 6.36 Å². The maximum absolute atomic E-state index is 11.9. The standard InChI is InChI=1S/C8H8ClF3N2O/c9-4-5-1-2-7(6(3-5)14-13)15-8(10,11)12/h1-3,14H,4,13H2. The van der Waals surface area contributed by atoms with Gasteiger partial charge in [-0.3, -0.25) is 5.84 Å². The van der Waals surface area contributed by atoms with Gasteiger partial charge < -0.3 is 10.2 Å². The van der Waals surface area contributed by atoms with E-state index in [9.17, 15) is 13.2 Å². The molecule has 3 nitrogen and oxygen atoms in total. The average Bonchev–Trinajstić information content (AvgIpc) is 2.16. The maximum atomic E-state index is 11.9. The van der Waals surface area contributed by atoms with Crippen LogP contribution >= 0.6 is 11.6 Å². The molecule has 0 unspecified atom stereocenters. The van der Waals surface area contributed by atoms with E-state index in [1.807, 2.05) is 0 Å². The van der Waals surface area contributed by atoms with Crippen molar-refractivity contribution in [3.63, 3.8) is 0 Å². The Labute approximate surface area is 88.9 Å². The summed E-state index contributed by atoms with van der Waals surface area (Å²) < 4.78 is 39.5. The minimum Gasteiger partial charge on any atom is -0.404 e. The number of hydrogen-bond donors (Lipinski definition) is 2. The van der Waals surface area contributed by atoms with Crippen molar-refractivity contribution >= 4 is 17.3 Å². The molecule has 1 aromatic rings. The van der Waals surface area contributed by atoms with E-state index >= 15 is 0 Å². The van der Waals surface area contributed by atoms with Crippen molar-refractivity contribution < 1.29 is 17.9 Å². The van der Waals surface area contributed by atoms with Crippen molar-refractivity contribution in [2.75, 3.05) is 5.43 Å². The molecular weight excluding hydrogens is 233 g/mol.